The molecule has 152 valence electrons. The molecule has 4 rings (SSSR count). The molecule has 2 aromatic rings. The number of hydrogen-bond donors (Lipinski definition) is 5. The van der Waals surface area contributed by atoms with Gasteiger partial charge in [0.05, 0.1) is 6.33 Å². The average Bonchev–Trinajstić information content (AvgIpc) is 3.25. The minimum Gasteiger partial charge on any atom is -0.387 e. The lowest BCUT2D eigenvalue weighted by Crippen LogP contribution is -2.53. The maximum absolute atomic E-state index is 12.4. The van der Waals surface area contributed by atoms with Crippen LogP contribution in [0.1, 0.15) is 25.5 Å². The Balaban J connectivity index is 1.50. The van der Waals surface area contributed by atoms with E-state index in [0.29, 0.717) is 24.3 Å². The number of nitrogens with zero attached hydrogens (tertiary/aromatic N) is 5. The molecule has 0 radical (unpaired) electrons. The molecule has 0 aliphatic carbocycles. The molecule has 5 atom stereocenters. The molecule has 2 aromatic heterocycles. The smallest absolute Gasteiger partial charge is 0.265 e. The van der Waals surface area contributed by atoms with Crippen molar-refractivity contribution in [2.45, 2.75) is 49.9 Å². The van der Waals surface area contributed by atoms with Gasteiger partial charge in [0.1, 0.15) is 30.2 Å². The molecule has 12 heteroatoms. The van der Waals surface area contributed by atoms with Gasteiger partial charge < -0.3 is 25.8 Å². The van der Waals surface area contributed by atoms with Crippen molar-refractivity contribution in [3.63, 3.8) is 0 Å². The van der Waals surface area contributed by atoms with Crippen LogP contribution in [0.4, 0.5) is 5.82 Å². The molecule has 2 fully saturated rings. The van der Waals surface area contributed by atoms with Crippen LogP contribution in [0.5, 0.6) is 0 Å². The number of imidazole rings is 1. The number of ether oxygens (including phenoxy) is 1. The molecule has 0 aromatic carbocycles. The number of hydrogen-bond acceptors (Lipinski definition) is 10. The van der Waals surface area contributed by atoms with Crippen LogP contribution in [0.3, 0.4) is 0 Å². The Labute approximate surface area is 159 Å². The first-order chi connectivity index (χ1) is 13.5. The molecular weight excluding hydrogens is 370 g/mol. The number of nitrogen functional groups attached to an aromatic ring is 1. The molecule has 4 heterocycles. The highest BCUT2D eigenvalue weighted by Crippen LogP contribution is 2.33. The minimum absolute atomic E-state index is 0.161. The van der Waals surface area contributed by atoms with E-state index in [-0.39, 0.29) is 5.82 Å². The van der Waals surface area contributed by atoms with Gasteiger partial charge in [-0.3, -0.25) is 14.8 Å². The van der Waals surface area contributed by atoms with Crippen LogP contribution in [-0.4, -0.2) is 83.3 Å². The molecule has 1 amide bonds. The summed E-state index contributed by atoms with van der Waals surface area (Å²) in [7, 11) is 0. The van der Waals surface area contributed by atoms with Crippen LogP contribution >= 0.6 is 0 Å². The van der Waals surface area contributed by atoms with E-state index in [4.69, 9.17) is 10.5 Å². The van der Waals surface area contributed by atoms with E-state index in [1.807, 2.05) is 0 Å². The SMILES string of the molecule is Nc1ncnc2c1ncn2[C@@H]1O[C@H](C(O)C(=O)NN2CCCCC2)[C@@H](O)[C@H]1O. The quantitative estimate of drug-likeness (QED) is 0.387. The predicted molar refractivity (Wildman–Crippen MR) is 95.2 cm³/mol. The van der Waals surface area contributed by atoms with Gasteiger partial charge in [-0.05, 0) is 12.8 Å². The van der Waals surface area contributed by atoms with Crippen LogP contribution in [0.25, 0.3) is 11.2 Å². The first-order valence-corrected chi connectivity index (χ1v) is 9.15. The number of nitrogens with one attached hydrogen (secondary N) is 1. The van der Waals surface area contributed by atoms with Crippen LogP contribution in [0, 0.1) is 0 Å². The van der Waals surface area contributed by atoms with Gasteiger partial charge in [0.25, 0.3) is 5.91 Å². The number of rotatable bonds is 4. The van der Waals surface area contributed by atoms with Gasteiger partial charge in [-0.25, -0.2) is 20.0 Å². The molecule has 2 saturated heterocycles. The molecule has 0 bridgehead atoms. The zero-order valence-corrected chi connectivity index (χ0v) is 15.0. The van der Waals surface area contributed by atoms with Crippen molar-refractivity contribution in [1.29, 1.82) is 0 Å². The Morgan fingerprint density at radius 1 is 1.21 bits per heavy atom. The maximum Gasteiger partial charge on any atom is 0.265 e. The van der Waals surface area contributed by atoms with E-state index in [0.717, 1.165) is 19.3 Å². The van der Waals surface area contributed by atoms with Gasteiger partial charge in [0.2, 0.25) is 0 Å². The van der Waals surface area contributed by atoms with Gasteiger partial charge in [0.15, 0.2) is 23.8 Å². The monoisotopic (exact) mass is 393 g/mol. The number of nitrogens with two attached hydrogens (primary N) is 1. The number of aliphatic hydroxyl groups excluding tert-OH is 3. The molecule has 2 aliphatic rings. The molecule has 6 N–H and O–H groups in total. The normalized spacial score (nSPS) is 29.8. The van der Waals surface area contributed by atoms with Crippen molar-refractivity contribution in [1.82, 2.24) is 30.0 Å². The summed E-state index contributed by atoms with van der Waals surface area (Å²) < 4.78 is 7.03. The lowest BCUT2D eigenvalue weighted by molar-refractivity contribution is -0.148. The highest BCUT2D eigenvalue weighted by molar-refractivity contribution is 5.81. The molecule has 2 aliphatic heterocycles. The fourth-order valence-corrected chi connectivity index (χ4v) is 3.61. The summed E-state index contributed by atoms with van der Waals surface area (Å²) >= 11 is 0. The summed E-state index contributed by atoms with van der Waals surface area (Å²) in [6.45, 7) is 1.39. The van der Waals surface area contributed by atoms with Crippen LogP contribution in [0.15, 0.2) is 12.7 Å². The van der Waals surface area contributed by atoms with Crippen molar-refractivity contribution in [3.05, 3.63) is 12.7 Å². The van der Waals surface area contributed by atoms with Crippen molar-refractivity contribution in [2.75, 3.05) is 18.8 Å². The Hall–Kier alpha value is -2.38. The minimum atomic E-state index is -1.66. The maximum atomic E-state index is 12.4. The Bertz CT molecular complexity index is 855. The van der Waals surface area contributed by atoms with Crippen LogP contribution in [0.2, 0.25) is 0 Å². The number of carbonyl (C=O) groups excluding carboxylic acids is 1. The fourth-order valence-electron chi connectivity index (χ4n) is 3.61. The fraction of sp³-hybridized carbons (Fsp3) is 0.625. The van der Waals surface area contributed by atoms with Gasteiger partial charge in [-0.1, -0.05) is 6.42 Å². The van der Waals surface area contributed by atoms with Crippen molar-refractivity contribution >= 4 is 22.9 Å². The van der Waals surface area contributed by atoms with Crippen LogP contribution in [-0.2, 0) is 9.53 Å². The topological polar surface area (TPSA) is 172 Å². The van der Waals surface area contributed by atoms with E-state index in [1.165, 1.54) is 17.2 Å². The summed E-state index contributed by atoms with van der Waals surface area (Å²) in [6.07, 6.45) is -1.37. The summed E-state index contributed by atoms with van der Waals surface area (Å²) in [5.41, 5.74) is 9.01. The third kappa shape index (κ3) is 3.29. The molecule has 1 unspecified atom stereocenters. The highest BCUT2D eigenvalue weighted by Gasteiger charge is 2.49. The second-order valence-electron chi connectivity index (χ2n) is 7.02. The number of fused-ring (bicyclic) bond motifs is 1. The number of aliphatic hydroxyl groups is 3. The largest absolute Gasteiger partial charge is 0.387 e. The Kier molecular flexibility index (Phi) is 5.12. The first-order valence-electron chi connectivity index (χ1n) is 9.15. The van der Waals surface area contributed by atoms with Gasteiger partial charge in [0, 0.05) is 13.1 Å². The number of amides is 1. The number of anilines is 1. The van der Waals surface area contributed by atoms with Crippen molar-refractivity contribution < 1.29 is 24.9 Å². The number of hydrazine groups is 1. The summed E-state index contributed by atoms with van der Waals surface area (Å²) in [6, 6.07) is 0. The molecule has 0 spiro atoms. The van der Waals surface area contributed by atoms with E-state index in [2.05, 4.69) is 20.4 Å². The first kappa shape index (κ1) is 19.0. The van der Waals surface area contributed by atoms with Crippen molar-refractivity contribution in [2.24, 2.45) is 0 Å². The molecule has 12 nitrogen and oxygen atoms in total. The van der Waals surface area contributed by atoms with Crippen molar-refractivity contribution in [3.8, 4) is 0 Å². The number of carbonyl (C=O) groups is 1. The van der Waals surface area contributed by atoms with Gasteiger partial charge >= 0.3 is 0 Å². The van der Waals surface area contributed by atoms with E-state index in [1.54, 1.807) is 5.01 Å². The summed E-state index contributed by atoms with van der Waals surface area (Å²) in [5.74, 6) is -0.532. The second kappa shape index (κ2) is 7.56. The van der Waals surface area contributed by atoms with Gasteiger partial charge in [-0.15, -0.1) is 0 Å². The third-order valence-electron chi connectivity index (χ3n) is 5.14. The predicted octanol–water partition coefficient (Wildman–Crippen LogP) is -2.09. The molecular formula is C16H23N7O5. The van der Waals surface area contributed by atoms with E-state index in [9.17, 15) is 20.1 Å². The highest BCUT2D eigenvalue weighted by atomic mass is 16.6. The summed E-state index contributed by atoms with van der Waals surface area (Å²) in [4.78, 5) is 24.4. The Morgan fingerprint density at radius 3 is 2.71 bits per heavy atom. The lowest BCUT2D eigenvalue weighted by atomic mass is 10.1. The summed E-state index contributed by atoms with van der Waals surface area (Å²) in [5, 5.41) is 32.9. The van der Waals surface area contributed by atoms with Gasteiger partial charge in [-0.2, -0.15) is 0 Å². The molecule has 0 saturated carbocycles. The third-order valence-corrected chi connectivity index (χ3v) is 5.14. The second-order valence-corrected chi connectivity index (χ2v) is 7.02. The zero-order valence-electron chi connectivity index (χ0n) is 15.0. The molecule has 28 heavy (non-hydrogen) atoms. The zero-order chi connectivity index (χ0) is 19.8. The number of aromatic nitrogens is 4. The van der Waals surface area contributed by atoms with E-state index < -0.39 is 36.6 Å². The average molecular weight is 393 g/mol. The standard InChI is InChI=1S/C16H23N7O5/c17-13-8-14(19-6-18-13)23(7-20-8)16-10(25)9(24)12(28-16)11(26)15(27)21-22-4-2-1-3-5-22/h6-7,9-12,16,24-26H,1-5H2,(H,21,27)(H2,17,18,19)/t9-,10+,11?,12-,16+/m0/s1. The Morgan fingerprint density at radius 2 is 1.96 bits per heavy atom. The number of piperidine rings is 1. The lowest BCUT2D eigenvalue weighted by Gasteiger charge is -2.29. The van der Waals surface area contributed by atoms with Crippen LogP contribution < -0.4 is 11.2 Å². The van der Waals surface area contributed by atoms with E-state index >= 15 is 0 Å².